The van der Waals surface area contributed by atoms with E-state index in [1.54, 1.807) is 38.0 Å². The van der Waals surface area contributed by atoms with Gasteiger partial charge in [0.15, 0.2) is 4.80 Å². The maximum atomic E-state index is 14.1. The SMILES string of the molecule is CCCCN1C(=O)/C(=c2/sc3n(c2=O)[C@@H](c2ccc(OC)cc2)C(C(=O)OCC)=C(C)N=3)c2ccccc21. The average Bonchev–Trinajstić information content (AvgIpc) is 3.38. The van der Waals surface area contributed by atoms with Crippen molar-refractivity contribution in [1.29, 1.82) is 0 Å². The second-order valence-electron chi connectivity index (χ2n) is 9.10. The van der Waals surface area contributed by atoms with E-state index in [9.17, 15) is 14.4 Å². The van der Waals surface area contributed by atoms with Crippen molar-refractivity contribution in [3.8, 4) is 5.75 Å². The van der Waals surface area contributed by atoms with E-state index < -0.39 is 12.0 Å². The first-order valence-corrected chi connectivity index (χ1v) is 13.5. The Hall–Kier alpha value is -3.98. The quantitative estimate of drug-likeness (QED) is 0.437. The number of methoxy groups -OCH3 is 1. The van der Waals surface area contributed by atoms with Gasteiger partial charge < -0.3 is 14.4 Å². The molecule has 2 aromatic carbocycles. The molecule has 1 atom stereocenters. The number of benzene rings is 2. The number of para-hydroxylation sites is 1. The molecule has 3 aromatic rings. The topological polar surface area (TPSA) is 90.2 Å². The van der Waals surface area contributed by atoms with Crippen molar-refractivity contribution >= 4 is 34.5 Å². The number of rotatable bonds is 7. The molecule has 0 fully saturated rings. The Kier molecular flexibility index (Phi) is 7.03. The smallest absolute Gasteiger partial charge is 0.338 e. The first-order chi connectivity index (χ1) is 18.4. The van der Waals surface area contributed by atoms with Crippen LogP contribution in [0.1, 0.15) is 50.8 Å². The Morgan fingerprint density at radius 1 is 1.08 bits per heavy atom. The van der Waals surface area contributed by atoms with E-state index in [4.69, 9.17) is 9.47 Å². The van der Waals surface area contributed by atoms with Crippen molar-refractivity contribution in [2.45, 2.75) is 39.7 Å². The van der Waals surface area contributed by atoms with Crippen LogP contribution < -0.4 is 24.5 Å². The van der Waals surface area contributed by atoms with Crippen LogP contribution in [0.2, 0.25) is 0 Å². The summed E-state index contributed by atoms with van der Waals surface area (Å²) in [4.78, 5) is 47.8. The Morgan fingerprint density at radius 3 is 2.50 bits per heavy atom. The highest BCUT2D eigenvalue weighted by atomic mass is 32.1. The molecule has 9 heteroatoms. The fourth-order valence-electron chi connectivity index (χ4n) is 4.98. The fourth-order valence-corrected chi connectivity index (χ4v) is 6.12. The molecule has 3 heterocycles. The lowest BCUT2D eigenvalue weighted by atomic mass is 9.96. The number of hydrogen-bond donors (Lipinski definition) is 0. The molecule has 8 nitrogen and oxygen atoms in total. The van der Waals surface area contributed by atoms with E-state index in [0.717, 1.165) is 24.1 Å². The van der Waals surface area contributed by atoms with Crippen LogP contribution in [0.25, 0.3) is 5.57 Å². The van der Waals surface area contributed by atoms with Crippen LogP contribution in [-0.2, 0) is 14.3 Å². The zero-order valence-corrected chi connectivity index (χ0v) is 22.6. The molecule has 0 radical (unpaired) electrons. The third-order valence-electron chi connectivity index (χ3n) is 6.81. The summed E-state index contributed by atoms with van der Waals surface area (Å²) in [7, 11) is 1.58. The Balaban J connectivity index is 1.77. The molecule has 0 saturated heterocycles. The summed E-state index contributed by atoms with van der Waals surface area (Å²) in [5, 5.41) is 0. The van der Waals surface area contributed by atoms with Gasteiger partial charge in [-0.25, -0.2) is 9.79 Å². The molecular weight excluding hydrogens is 502 g/mol. The van der Waals surface area contributed by atoms with E-state index in [1.165, 1.54) is 15.9 Å². The van der Waals surface area contributed by atoms with Gasteiger partial charge in [0.2, 0.25) is 0 Å². The second kappa shape index (κ2) is 10.4. The molecule has 0 saturated carbocycles. The van der Waals surface area contributed by atoms with Crippen molar-refractivity contribution < 1.29 is 19.1 Å². The number of carbonyl (C=O) groups is 2. The molecule has 196 valence electrons. The van der Waals surface area contributed by atoms with Crippen LogP contribution in [0, 0.1) is 0 Å². The van der Waals surface area contributed by atoms with Crippen molar-refractivity contribution in [1.82, 2.24) is 4.57 Å². The summed E-state index contributed by atoms with van der Waals surface area (Å²) in [6.07, 6.45) is 1.80. The molecule has 5 rings (SSSR count). The van der Waals surface area contributed by atoms with Gasteiger partial charge in [-0.15, -0.1) is 0 Å². The fraction of sp³-hybridized carbons (Fsp3) is 0.310. The maximum Gasteiger partial charge on any atom is 0.338 e. The molecular formula is C29H29N3O5S. The van der Waals surface area contributed by atoms with Gasteiger partial charge in [0, 0.05) is 12.1 Å². The van der Waals surface area contributed by atoms with Gasteiger partial charge >= 0.3 is 5.97 Å². The van der Waals surface area contributed by atoms with Crippen LogP contribution in [0.5, 0.6) is 5.75 Å². The summed E-state index contributed by atoms with van der Waals surface area (Å²) in [5.41, 5.74) is 3.05. The van der Waals surface area contributed by atoms with Gasteiger partial charge in [-0.3, -0.25) is 14.2 Å². The first kappa shape index (κ1) is 25.7. The van der Waals surface area contributed by atoms with E-state index in [0.29, 0.717) is 44.0 Å². The highest BCUT2D eigenvalue weighted by molar-refractivity contribution is 7.07. The zero-order valence-electron chi connectivity index (χ0n) is 21.8. The lowest BCUT2D eigenvalue weighted by molar-refractivity contribution is -0.139. The summed E-state index contributed by atoms with van der Waals surface area (Å²) < 4.78 is 12.5. The van der Waals surface area contributed by atoms with Crippen molar-refractivity contribution in [2.24, 2.45) is 4.99 Å². The van der Waals surface area contributed by atoms with Crippen LogP contribution in [0.15, 0.2) is 69.6 Å². The number of aromatic nitrogens is 1. The Morgan fingerprint density at radius 2 is 1.82 bits per heavy atom. The summed E-state index contributed by atoms with van der Waals surface area (Å²) in [5.74, 6) is -0.0603. The lowest BCUT2D eigenvalue weighted by Crippen LogP contribution is -2.41. The van der Waals surface area contributed by atoms with Crippen LogP contribution in [-0.4, -0.2) is 36.7 Å². The highest BCUT2D eigenvalue weighted by Gasteiger charge is 2.37. The molecule has 38 heavy (non-hydrogen) atoms. The zero-order chi connectivity index (χ0) is 27.0. The Bertz CT molecular complexity index is 1630. The number of fused-ring (bicyclic) bond motifs is 2. The number of hydrogen-bond acceptors (Lipinski definition) is 7. The van der Waals surface area contributed by atoms with Gasteiger partial charge in [-0.1, -0.05) is 55.0 Å². The lowest BCUT2D eigenvalue weighted by Gasteiger charge is -2.24. The molecule has 0 spiro atoms. The number of thiazole rings is 1. The van der Waals surface area contributed by atoms with E-state index in [2.05, 4.69) is 11.9 Å². The highest BCUT2D eigenvalue weighted by Crippen LogP contribution is 2.36. The van der Waals surface area contributed by atoms with E-state index in [1.807, 2.05) is 36.4 Å². The third kappa shape index (κ3) is 4.16. The van der Waals surface area contributed by atoms with Crippen LogP contribution in [0.4, 0.5) is 5.69 Å². The monoisotopic (exact) mass is 531 g/mol. The maximum absolute atomic E-state index is 14.1. The number of carbonyl (C=O) groups excluding carboxylic acids is 2. The van der Waals surface area contributed by atoms with Gasteiger partial charge in [0.05, 0.1) is 42.3 Å². The van der Waals surface area contributed by atoms with Gasteiger partial charge in [0.25, 0.3) is 11.5 Å². The minimum atomic E-state index is -0.756. The minimum Gasteiger partial charge on any atom is -0.497 e. The van der Waals surface area contributed by atoms with E-state index in [-0.39, 0.29) is 18.1 Å². The normalized spacial score (nSPS) is 17.7. The predicted molar refractivity (Wildman–Crippen MR) is 146 cm³/mol. The third-order valence-corrected chi connectivity index (χ3v) is 7.86. The van der Waals surface area contributed by atoms with Crippen LogP contribution >= 0.6 is 11.3 Å². The summed E-state index contributed by atoms with van der Waals surface area (Å²) >= 11 is 1.18. The first-order valence-electron chi connectivity index (χ1n) is 12.7. The summed E-state index contributed by atoms with van der Waals surface area (Å²) in [6.45, 7) is 6.33. The second-order valence-corrected chi connectivity index (χ2v) is 10.1. The van der Waals surface area contributed by atoms with Crippen molar-refractivity contribution in [3.05, 3.63) is 90.6 Å². The number of nitrogens with zero attached hydrogens (tertiary/aromatic N) is 3. The molecule has 0 unspecified atom stereocenters. The number of amides is 1. The molecule has 2 aliphatic rings. The standard InChI is InChI=1S/C29H29N3O5S/c1-5-7-16-31-21-11-9-8-10-20(21)23(26(31)33)25-27(34)32-24(18-12-14-19(36-4)15-13-18)22(28(35)37-6-2)17(3)30-29(32)38-25/h8-15,24H,5-7,16H2,1-4H3/b25-23+/t24-/m0/s1. The Labute approximate surface area is 224 Å². The molecule has 1 amide bonds. The van der Waals surface area contributed by atoms with Gasteiger partial charge in [-0.05, 0) is 44.0 Å². The number of allylic oxidation sites excluding steroid dienone is 1. The number of ether oxygens (including phenoxy) is 2. The number of esters is 1. The number of anilines is 1. The molecule has 2 aliphatic heterocycles. The van der Waals surface area contributed by atoms with Gasteiger partial charge in [0.1, 0.15) is 10.3 Å². The molecule has 0 bridgehead atoms. The predicted octanol–water partition coefficient (Wildman–Crippen LogP) is 3.32. The molecule has 0 N–H and O–H groups in total. The largest absolute Gasteiger partial charge is 0.497 e. The number of unbranched alkanes of at least 4 members (excludes halogenated alkanes) is 1. The minimum absolute atomic E-state index is 0.188. The van der Waals surface area contributed by atoms with Crippen molar-refractivity contribution in [3.63, 3.8) is 0 Å². The molecule has 1 aromatic heterocycles. The average molecular weight is 532 g/mol. The van der Waals surface area contributed by atoms with Gasteiger partial charge in [-0.2, -0.15) is 0 Å². The summed E-state index contributed by atoms with van der Waals surface area (Å²) in [6, 6.07) is 14.0. The van der Waals surface area contributed by atoms with Crippen molar-refractivity contribution in [2.75, 3.05) is 25.2 Å². The van der Waals surface area contributed by atoms with Crippen LogP contribution in [0.3, 0.4) is 0 Å². The van der Waals surface area contributed by atoms with E-state index >= 15 is 0 Å². The molecule has 0 aliphatic carbocycles.